The Morgan fingerprint density at radius 1 is 1.09 bits per heavy atom. The van der Waals surface area contributed by atoms with Gasteiger partial charge in [0, 0.05) is 42.5 Å². The van der Waals surface area contributed by atoms with Gasteiger partial charge in [-0.2, -0.15) is 0 Å². The van der Waals surface area contributed by atoms with Crippen LogP contribution < -0.4 is 20.9 Å². The number of amides is 2. The lowest BCUT2D eigenvalue weighted by atomic mass is 10.1. The second-order valence-electron chi connectivity index (χ2n) is 7.69. The summed E-state index contributed by atoms with van der Waals surface area (Å²) in [5.41, 5.74) is 1.68. The summed E-state index contributed by atoms with van der Waals surface area (Å²) in [6, 6.07) is 11.1. The first-order chi connectivity index (χ1) is 15.7. The second-order valence-corrected chi connectivity index (χ2v) is 8.10. The summed E-state index contributed by atoms with van der Waals surface area (Å²) < 4.78 is 5.35. The highest BCUT2D eigenvalue weighted by atomic mass is 32.1. The van der Waals surface area contributed by atoms with Crippen molar-refractivity contribution in [1.82, 2.24) is 5.32 Å². The highest BCUT2D eigenvalue weighted by Gasteiger charge is 2.22. The Balaban J connectivity index is 1.74. The van der Waals surface area contributed by atoms with E-state index in [1.54, 1.807) is 44.2 Å². The monoisotopic (exact) mass is 471 g/mol. The topological polar surface area (TPSA) is 126 Å². The van der Waals surface area contributed by atoms with Crippen LogP contribution in [0.3, 0.4) is 0 Å². The fraction of sp³-hybridized carbons (Fsp3) is 0.318. The minimum atomic E-state index is -0.568. The molecular formula is C22H25N5O5S. The van der Waals surface area contributed by atoms with Gasteiger partial charge in [-0.05, 0) is 36.5 Å². The van der Waals surface area contributed by atoms with Crippen molar-refractivity contribution in [2.24, 2.45) is 5.92 Å². The molecule has 2 aromatic rings. The molecule has 1 aliphatic rings. The van der Waals surface area contributed by atoms with E-state index < -0.39 is 10.8 Å². The molecule has 0 aromatic heterocycles. The van der Waals surface area contributed by atoms with Gasteiger partial charge >= 0.3 is 0 Å². The van der Waals surface area contributed by atoms with Crippen LogP contribution in [0.4, 0.5) is 22.7 Å². The Labute approximate surface area is 196 Å². The number of hydrogen-bond donors (Lipinski definition) is 3. The Kier molecular flexibility index (Phi) is 7.91. The van der Waals surface area contributed by atoms with Gasteiger partial charge in [0.05, 0.1) is 29.4 Å². The molecule has 1 fully saturated rings. The molecule has 3 rings (SSSR count). The van der Waals surface area contributed by atoms with Gasteiger partial charge in [0.2, 0.25) is 5.91 Å². The summed E-state index contributed by atoms with van der Waals surface area (Å²) in [5, 5.41) is 19.5. The lowest BCUT2D eigenvalue weighted by molar-refractivity contribution is -0.384. The number of carbonyl (C=O) groups is 2. The highest BCUT2D eigenvalue weighted by molar-refractivity contribution is 7.80. The van der Waals surface area contributed by atoms with Gasteiger partial charge in [0.15, 0.2) is 5.11 Å². The van der Waals surface area contributed by atoms with E-state index in [0.717, 1.165) is 0 Å². The fourth-order valence-electron chi connectivity index (χ4n) is 3.19. The maximum atomic E-state index is 13.0. The van der Waals surface area contributed by atoms with Crippen molar-refractivity contribution in [1.29, 1.82) is 0 Å². The molecule has 1 saturated heterocycles. The Bertz CT molecular complexity index is 1070. The van der Waals surface area contributed by atoms with Crippen LogP contribution in [-0.2, 0) is 9.53 Å². The van der Waals surface area contributed by atoms with Crippen LogP contribution in [0.25, 0.3) is 0 Å². The molecule has 2 amide bonds. The molecule has 0 atom stereocenters. The van der Waals surface area contributed by atoms with Gasteiger partial charge in [0.1, 0.15) is 0 Å². The minimum absolute atomic E-state index is 0.0202. The second kappa shape index (κ2) is 10.8. The summed E-state index contributed by atoms with van der Waals surface area (Å²) in [6.07, 6.45) is 0. The number of nitrogens with one attached hydrogen (secondary N) is 3. The van der Waals surface area contributed by atoms with Gasteiger partial charge < -0.3 is 20.3 Å². The predicted molar refractivity (Wildman–Crippen MR) is 130 cm³/mol. The molecule has 33 heavy (non-hydrogen) atoms. The van der Waals surface area contributed by atoms with E-state index in [2.05, 4.69) is 16.0 Å². The van der Waals surface area contributed by atoms with E-state index in [1.807, 2.05) is 4.90 Å². The fourth-order valence-corrected chi connectivity index (χ4v) is 3.40. The molecule has 0 aliphatic carbocycles. The number of hydrogen-bond acceptors (Lipinski definition) is 7. The van der Waals surface area contributed by atoms with Crippen LogP contribution in [0.5, 0.6) is 0 Å². The minimum Gasteiger partial charge on any atom is -0.378 e. The van der Waals surface area contributed by atoms with Gasteiger partial charge in [-0.15, -0.1) is 0 Å². The standard InChI is InChI=1S/C22H25N5O5S/c1-14(2)20(28)23-15-4-3-5-16(12-15)24-22(33)25-21(29)18-13-17(27(30)31)6-7-19(18)26-8-10-32-11-9-26/h3-7,12-14H,8-11H2,1-2H3,(H,23,28)(H2,24,25,29,33). The zero-order valence-electron chi connectivity index (χ0n) is 18.3. The number of nitro benzene ring substituents is 1. The third kappa shape index (κ3) is 6.46. The molecule has 0 spiro atoms. The first-order valence-corrected chi connectivity index (χ1v) is 10.8. The quantitative estimate of drug-likeness (QED) is 0.333. The molecule has 10 nitrogen and oxygen atoms in total. The molecular weight excluding hydrogens is 446 g/mol. The third-order valence-electron chi connectivity index (χ3n) is 4.93. The molecule has 11 heteroatoms. The number of nitro groups is 1. The van der Waals surface area contributed by atoms with Crippen LogP contribution in [0, 0.1) is 16.0 Å². The van der Waals surface area contributed by atoms with Crippen LogP contribution in [0.15, 0.2) is 42.5 Å². The predicted octanol–water partition coefficient (Wildman–Crippen LogP) is 3.15. The van der Waals surface area contributed by atoms with Crippen LogP contribution in [0.1, 0.15) is 24.2 Å². The smallest absolute Gasteiger partial charge is 0.270 e. The lowest BCUT2D eigenvalue weighted by Gasteiger charge is -2.30. The largest absolute Gasteiger partial charge is 0.378 e. The maximum Gasteiger partial charge on any atom is 0.270 e. The van der Waals surface area contributed by atoms with Crippen LogP contribution in [0.2, 0.25) is 0 Å². The first-order valence-electron chi connectivity index (χ1n) is 10.4. The molecule has 0 saturated carbocycles. The summed E-state index contributed by atoms with van der Waals surface area (Å²) in [4.78, 5) is 37.6. The molecule has 3 N–H and O–H groups in total. The average Bonchev–Trinajstić information content (AvgIpc) is 2.79. The van der Waals surface area contributed by atoms with Crippen molar-refractivity contribution in [2.75, 3.05) is 41.8 Å². The Morgan fingerprint density at radius 2 is 1.76 bits per heavy atom. The van der Waals surface area contributed by atoms with Crippen molar-refractivity contribution >= 4 is 51.9 Å². The molecule has 1 aliphatic heterocycles. The SMILES string of the molecule is CC(C)C(=O)Nc1cccc(NC(=S)NC(=O)c2cc([N+](=O)[O-])ccc2N2CCOCC2)c1. The summed E-state index contributed by atoms with van der Waals surface area (Å²) >= 11 is 5.27. The van der Waals surface area contributed by atoms with E-state index >= 15 is 0 Å². The Morgan fingerprint density at radius 3 is 2.39 bits per heavy atom. The number of rotatable bonds is 6. The zero-order valence-corrected chi connectivity index (χ0v) is 19.1. The number of benzene rings is 2. The summed E-state index contributed by atoms with van der Waals surface area (Å²) in [7, 11) is 0. The van der Waals surface area contributed by atoms with Gasteiger partial charge in [-0.1, -0.05) is 19.9 Å². The van der Waals surface area contributed by atoms with Gasteiger partial charge in [-0.3, -0.25) is 25.0 Å². The Hall–Kier alpha value is -3.57. The third-order valence-corrected chi connectivity index (χ3v) is 5.13. The molecule has 0 unspecified atom stereocenters. The number of anilines is 3. The molecule has 0 bridgehead atoms. The summed E-state index contributed by atoms with van der Waals surface area (Å²) in [6.45, 7) is 5.72. The van der Waals surface area contributed by atoms with E-state index in [-0.39, 0.29) is 28.2 Å². The lowest BCUT2D eigenvalue weighted by Crippen LogP contribution is -2.39. The molecule has 2 aromatic carbocycles. The van der Waals surface area contributed by atoms with Crippen molar-refractivity contribution in [2.45, 2.75) is 13.8 Å². The van der Waals surface area contributed by atoms with Crippen molar-refractivity contribution < 1.29 is 19.2 Å². The molecule has 174 valence electrons. The number of ether oxygens (including phenoxy) is 1. The average molecular weight is 472 g/mol. The maximum absolute atomic E-state index is 13.0. The van der Waals surface area contributed by atoms with E-state index in [0.29, 0.717) is 43.4 Å². The van der Waals surface area contributed by atoms with Crippen molar-refractivity contribution in [3.05, 3.63) is 58.1 Å². The van der Waals surface area contributed by atoms with Crippen LogP contribution in [-0.4, -0.2) is 48.2 Å². The molecule has 0 radical (unpaired) electrons. The first kappa shape index (κ1) is 24.1. The van der Waals surface area contributed by atoms with Crippen molar-refractivity contribution in [3.8, 4) is 0 Å². The van der Waals surface area contributed by atoms with E-state index in [4.69, 9.17) is 17.0 Å². The normalized spacial score (nSPS) is 13.4. The van der Waals surface area contributed by atoms with Crippen LogP contribution >= 0.6 is 12.2 Å². The zero-order chi connectivity index (χ0) is 24.0. The van der Waals surface area contributed by atoms with Crippen molar-refractivity contribution in [3.63, 3.8) is 0 Å². The van der Waals surface area contributed by atoms with Gasteiger partial charge in [0.25, 0.3) is 11.6 Å². The number of thiocarbonyl (C=S) groups is 1. The van der Waals surface area contributed by atoms with E-state index in [1.165, 1.54) is 12.1 Å². The number of carbonyl (C=O) groups excluding carboxylic acids is 2. The highest BCUT2D eigenvalue weighted by Crippen LogP contribution is 2.26. The number of nitrogens with zero attached hydrogens (tertiary/aromatic N) is 2. The van der Waals surface area contributed by atoms with Gasteiger partial charge in [-0.25, -0.2) is 0 Å². The van der Waals surface area contributed by atoms with E-state index in [9.17, 15) is 19.7 Å². The number of morpholine rings is 1. The number of non-ortho nitro benzene ring substituents is 1. The summed E-state index contributed by atoms with van der Waals surface area (Å²) in [5.74, 6) is -0.858. The molecule has 1 heterocycles.